The van der Waals surface area contributed by atoms with E-state index in [1.165, 1.54) is 0 Å². The minimum Gasteiger partial charge on any atom is -0.480 e. The van der Waals surface area contributed by atoms with Crippen LogP contribution in [0.3, 0.4) is 0 Å². The van der Waals surface area contributed by atoms with E-state index in [0.29, 0.717) is 12.8 Å². The van der Waals surface area contributed by atoms with Crippen molar-refractivity contribution in [2.75, 3.05) is 6.54 Å². The highest BCUT2D eigenvalue weighted by Gasteiger charge is 2.39. The van der Waals surface area contributed by atoms with Crippen LogP contribution < -0.4 is 5.32 Å². The fourth-order valence-electron chi connectivity index (χ4n) is 2.21. The van der Waals surface area contributed by atoms with Gasteiger partial charge in [-0.1, -0.05) is 42.5 Å². The topological polar surface area (TPSA) is 49.3 Å². The second-order valence-corrected chi connectivity index (χ2v) is 4.43. The molecule has 0 amide bonds. The minimum absolute atomic E-state index is 0.539. The van der Waals surface area contributed by atoms with Crippen LogP contribution >= 0.6 is 0 Å². The van der Waals surface area contributed by atoms with Crippen molar-refractivity contribution in [3.8, 4) is 0 Å². The van der Waals surface area contributed by atoms with Gasteiger partial charge >= 0.3 is 5.97 Å². The molecule has 2 N–H and O–H groups in total. The third-order valence-electron chi connectivity index (χ3n) is 3.23. The Balaban J connectivity index is 2.01. The minimum atomic E-state index is -0.745. The van der Waals surface area contributed by atoms with Gasteiger partial charge in [-0.3, -0.25) is 4.79 Å². The van der Waals surface area contributed by atoms with Crippen molar-refractivity contribution < 1.29 is 9.90 Å². The Morgan fingerprint density at radius 3 is 2.76 bits per heavy atom. The lowest BCUT2D eigenvalue weighted by atomic mass is 9.93. The van der Waals surface area contributed by atoms with Crippen molar-refractivity contribution in [2.24, 2.45) is 0 Å². The number of carboxylic acid groups (broad SMARTS) is 1. The van der Waals surface area contributed by atoms with Crippen molar-refractivity contribution in [3.63, 3.8) is 0 Å². The summed E-state index contributed by atoms with van der Waals surface area (Å²) >= 11 is 0. The summed E-state index contributed by atoms with van der Waals surface area (Å²) in [5.74, 6) is -0.743. The fraction of sp³-hybridized carbons (Fsp3) is 0.357. The first-order chi connectivity index (χ1) is 8.23. The van der Waals surface area contributed by atoms with Gasteiger partial charge in [-0.05, 0) is 31.4 Å². The van der Waals surface area contributed by atoms with Gasteiger partial charge in [0.2, 0.25) is 0 Å². The van der Waals surface area contributed by atoms with E-state index in [1.54, 1.807) is 0 Å². The van der Waals surface area contributed by atoms with Gasteiger partial charge in [-0.15, -0.1) is 0 Å². The van der Waals surface area contributed by atoms with Crippen LogP contribution in [0.2, 0.25) is 0 Å². The number of rotatable bonds is 4. The van der Waals surface area contributed by atoms with Crippen molar-refractivity contribution >= 4 is 12.0 Å². The van der Waals surface area contributed by atoms with Gasteiger partial charge in [0.25, 0.3) is 0 Å². The SMILES string of the molecule is O=C(O)C1(C/C=C/c2ccccc2)CCCN1. The fourth-order valence-corrected chi connectivity index (χ4v) is 2.21. The summed E-state index contributed by atoms with van der Waals surface area (Å²) in [6.07, 6.45) is 6.11. The molecule has 1 aliphatic heterocycles. The number of aliphatic carboxylic acids is 1. The largest absolute Gasteiger partial charge is 0.480 e. The van der Waals surface area contributed by atoms with Gasteiger partial charge in [0.1, 0.15) is 5.54 Å². The summed E-state index contributed by atoms with van der Waals surface area (Å²) < 4.78 is 0. The summed E-state index contributed by atoms with van der Waals surface area (Å²) in [7, 11) is 0. The molecule has 2 rings (SSSR count). The lowest BCUT2D eigenvalue weighted by Crippen LogP contribution is -2.47. The molecule has 1 atom stereocenters. The number of hydrogen-bond acceptors (Lipinski definition) is 2. The van der Waals surface area contributed by atoms with E-state index in [2.05, 4.69) is 5.32 Å². The predicted molar refractivity (Wildman–Crippen MR) is 67.7 cm³/mol. The lowest BCUT2D eigenvalue weighted by molar-refractivity contribution is -0.144. The highest BCUT2D eigenvalue weighted by atomic mass is 16.4. The Morgan fingerprint density at radius 1 is 1.41 bits per heavy atom. The molecule has 1 fully saturated rings. The second kappa shape index (κ2) is 5.15. The number of benzene rings is 1. The van der Waals surface area contributed by atoms with Gasteiger partial charge < -0.3 is 10.4 Å². The van der Waals surface area contributed by atoms with Crippen LogP contribution in [-0.4, -0.2) is 23.2 Å². The number of nitrogens with one attached hydrogen (secondary N) is 1. The molecule has 1 aromatic rings. The molecule has 0 radical (unpaired) electrons. The average molecular weight is 231 g/mol. The molecule has 3 heteroatoms. The van der Waals surface area contributed by atoms with Crippen molar-refractivity contribution in [1.82, 2.24) is 5.32 Å². The first-order valence-electron chi connectivity index (χ1n) is 5.93. The summed E-state index contributed by atoms with van der Waals surface area (Å²) in [5, 5.41) is 12.4. The smallest absolute Gasteiger partial charge is 0.324 e. The van der Waals surface area contributed by atoms with Crippen LogP contribution in [0.4, 0.5) is 0 Å². The predicted octanol–water partition coefficient (Wildman–Crippen LogP) is 2.30. The van der Waals surface area contributed by atoms with Gasteiger partial charge in [0, 0.05) is 0 Å². The third-order valence-corrected chi connectivity index (χ3v) is 3.23. The van der Waals surface area contributed by atoms with Gasteiger partial charge in [0.15, 0.2) is 0 Å². The monoisotopic (exact) mass is 231 g/mol. The molecule has 1 heterocycles. The van der Waals surface area contributed by atoms with E-state index in [4.69, 9.17) is 0 Å². The van der Waals surface area contributed by atoms with Crippen molar-refractivity contribution in [2.45, 2.75) is 24.8 Å². The molecule has 1 saturated heterocycles. The maximum absolute atomic E-state index is 11.3. The standard InChI is InChI=1S/C14H17NO2/c16-13(17)14(10-5-11-15-14)9-4-8-12-6-2-1-3-7-12/h1-4,6-8,15H,5,9-11H2,(H,16,17)/b8-4+. The van der Waals surface area contributed by atoms with E-state index < -0.39 is 11.5 Å². The van der Waals surface area contributed by atoms with Crippen molar-refractivity contribution in [1.29, 1.82) is 0 Å². The van der Waals surface area contributed by atoms with E-state index in [9.17, 15) is 9.90 Å². The van der Waals surface area contributed by atoms with E-state index in [1.807, 2.05) is 42.5 Å². The summed E-state index contributed by atoms with van der Waals surface area (Å²) in [4.78, 5) is 11.3. The summed E-state index contributed by atoms with van der Waals surface area (Å²) in [5.41, 5.74) is 0.358. The molecule has 1 aromatic carbocycles. The second-order valence-electron chi connectivity index (χ2n) is 4.43. The van der Waals surface area contributed by atoms with E-state index in [0.717, 1.165) is 18.5 Å². The summed E-state index contributed by atoms with van der Waals surface area (Å²) in [6, 6.07) is 9.92. The van der Waals surface area contributed by atoms with Gasteiger partial charge in [-0.2, -0.15) is 0 Å². The molecular formula is C14H17NO2. The molecule has 0 aliphatic carbocycles. The van der Waals surface area contributed by atoms with Crippen LogP contribution in [0.25, 0.3) is 6.08 Å². The molecule has 3 nitrogen and oxygen atoms in total. The Bertz CT molecular complexity index is 405. The summed E-state index contributed by atoms with van der Waals surface area (Å²) in [6.45, 7) is 0.797. The quantitative estimate of drug-likeness (QED) is 0.836. The van der Waals surface area contributed by atoms with Crippen LogP contribution in [0.5, 0.6) is 0 Å². The average Bonchev–Trinajstić information content (AvgIpc) is 2.80. The zero-order chi connectivity index (χ0) is 12.1. The molecule has 17 heavy (non-hydrogen) atoms. The number of hydrogen-bond donors (Lipinski definition) is 2. The van der Waals surface area contributed by atoms with Gasteiger partial charge in [-0.25, -0.2) is 0 Å². The maximum Gasteiger partial charge on any atom is 0.324 e. The Kier molecular flexibility index (Phi) is 3.59. The van der Waals surface area contributed by atoms with E-state index in [-0.39, 0.29) is 0 Å². The first-order valence-corrected chi connectivity index (χ1v) is 5.93. The van der Waals surface area contributed by atoms with Gasteiger partial charge in [0.05, 0.1) is 0 Å². The Morgan fingerprint density at radius 2 is 2.18 bits per heavy atom. The molecule has 0 saturated carbocycles. The normalized spacial score (nSPS) is 24.2. The molecular weight excluding hydrogens is 214 g/mol. The molecule has 1 aliphatic rings. The Hall–Kier alpha value is -1.61. The van der Waals surface area contributed by atoms with Crippen LogP contribution in [0.1, 0.15) is 24.8 Å². The molecule has 90 valence electrons. The van der Waals surface area contributed by atoms with Crippen LogP contribution in [0, 0.1) is 0 Å². The zero-order valence-electron chi connectivity index (χ0n) is 9.73. The molecule has 1 unspecified atom stereocenters. The lowest BCUT2D eigenvalue weighted by Gasteiger charge is -2.22. The Labute approximate surface area is 101 Å². The van der Waals surface area contributed by atoms with Crippen LogP contribution in [0.15, 0.2) is 36.4 Å². The van der Waals surface area contributed by atoms with Crippen LogP contribution in [-0.2, 0) is 4.79 Å². The number of carbonyl (C=O) groups is 1. The third kappa shape index (κ3) is 2.74. The van der Waals surface area contributed by atoms with E-state index >= 15 is 0 Å². The van der Waals surface area contributed by atoms with Crippen molar-refractivity contribution in [3.05, 3.63) is 42.0 Å². The maximum atomic E-state index is 11.3. The number of carboxylic acids is 1. The first kappa shape index (κ1) is 11.9. The molecule has 0 bridgehead atoms. The molecule has 0 aromatic heterocycles. The highest BCUT2D eigenvalue weighted by Crippen LogP contribution is 2.24. The molecule has 0 spiro atoms. The highest BCUT2D eigenvalue weighted by molar-refractivity contribution is 5.79. The zero-order valence-corrected chi connectivity index (χ0v) is 9.73.